The molecule has 0 saturated heterocycles. The Labute approximate surface area is 80.3 Å². The number of hydrogen-bond acceptors (Lipinski definition) is 0. The quantitative estimate of drug-likeness (QED) is 0.666. The van der Waals surface area contributed by atoms with Crippen LogP contribution in [-0.2, 0) is 6.54 Å². The molecule has 1 heterocycles. The summed E-state index contributed by atoms with van der Waals surface area (Å²) < 4.78 is 38.8. The van der Waals surface area contributed by atoms with E-state index in [9.17, 15) is 13.2 Å². The number of halogens is 3. The Kier molecular flexibility index (Phi) is 3.33. The van der Waals surface area contributed by atoms with E-state index in [1.807, 2.05) is 0 Å². The highest BCUT2D eigenvalue weighted by Crippen LogP contribution is 2.20. The smallest absolute Gasteiger partial charge is 0.236 e. The number of aryl methyl sites for hydroxylation is 1. The van der Waals surface area contributed by atoms with Crippen LogP contribution in [0.3, 0.4) is 0 Å². The predicted molar refractivity (Wildman–Crippen MR) is 46.3 cm³/mol. The van der Waals surface area contributed by atoms with Gasteiger partial charge in [0.2, 0.25) is 6.33 Å². The Balaban J connectivity index is 2.35. The van der Waals surface area contributed by atoms with Gasteiger partial charge in [-0.05, 0) is 6.42 Å². The van der Waals surface area contributed by atoms with E-state index < -0.39 is 12.6 Å². The molecule has 0 radical (unpaired) electrons. The number of imidazole rings is 1. The molecule has 1 aromatic heterocycles. The van der Waals surface area contributed by atoms with Gasteiger partial charge in [0.15, 0.2) is 0 Å². The lowest BCUT2D eigenvalue weighted by Gasteiger charge is -2.03. The fourth-order valence-corrected chi connectivity index (χ4v) is 1.11. The summed E-state index contributed by atoms with van der Waals surface area (Å²) >= 11 is 0. The van der Waals surface area contributed by atoms with E-state index >= 15 is 0 Å². The van der Waals surface area contributed by atoms with Gasteiger partial charge in [-0.25, -0.2) is 9.13 Å². The van der Waals surface area contributed by atoms with Crippen LogP contribution in [-0.4, -0.2) is 10.7 Å². The largest absolute Gasteiger partial charge is 0.389 e. The van der Waals surface area contributed by atoms with Gasteiger partial charge < -0.3 is 0 Å². The average molecular weight is 205 g/mol. The highest BCUT2D eigenvalue weighted by Gasteiger charge is 2.26. The van der Waals surface area contributed by atoms with Crippen molar-refractivity contribution in [1.29, 1.82) is 0 Å². The van der Waals surface area contributed by atoms with Crippen LogP contribution in [0.2, 0.25) is 0 Å². The Morgan fingerprint density at radius 1 is 1.43 bits per heavy atom. The minimum Gasteiger partial charge on any atom is -0.236 e. The van der Waals surface area contributed by atoms with Crippen LogP contribution < -0.4 is 4.57 Å². The molecule has 78 valence electrons. The maximum absolute atomic E-state index is 11.8. The molecule has 0 fully saturated rings. The van der Waals surface area contributed by atoms with E-state index in [1.165, 1.54) is 0 Å². The third-order valence-electron chi connectivity index (χ3n) is 1.80. The van der Waals surface area contributed by atoms with Crippen molar-refractivity contribution in [2.24, 2.45) is 0 Å². The van der Waals surface area contributed by atoms with Crippen molar-refractivity contribution in [1.82, 2.24) is 4.57 Å². The average Bonchev–Trinajstić information content (AvgIpc) is 2.50. The van der Waals surface area contributed by atoms with Gasteiger partial charge in [0.05, 0.1) is 12.7 Å². The maximum Gasteiger partial charge on any atom is 0.389 e. The molecule has 14 heavy (non-hydrogen) atoms. The molecule has 0 aliphatic heterocycles. The second-order valence-electron chi connectivity index (χ2n) is 3.00. The highest BCUT2D eigenvalue weighted by molar-refractivity contribution is 5.12. The molecule has 0 atom stereocenters. The van der Waals surface area contributed by atoms with Crippen LogP contribution in [0.15, 0.2) is 25.3 Å². The number of alkyl halides is 3. The van der Waals surface area contributed by atoms with Gasteiger partial charge in [0, 0.05) is 6.42 Å². The number of hydrogen-bond donors (Lipinski definition) is 0. The molecule has 1 aromatic rings. The van der Waals surface area contributed by atoms with Gasteiger partial charge in [-0.1, -0.05) is 6.58 Å². The van der Waals surface area contributed by atoms with Gasteiger partial charge in [-0.2, -0.15) is 13.2 Å². The third-order valence-corrected chi connectivity index (χ3v) is 1.80. The molecule has 0 amide bonds. The summed E-state index contributed by atoms with van der Waals surface area (Å²) in [5, 5.41) is 0. The monoisotopic (exact) mass is 205 g/mol. The fraction of sp³-hybridized carbons (Fsp3) is 0.444. The molecule has 1 rings (SSSR count). The van der Waals surface area contributed by atoms with Crippen molar-refractivity contribution in [2.75, 3.05) is 0 Å². The number of aromatic nitrogens is 2. The van der Waals surface area contributed by atoms with Gasteiger partial charge in [-0.3, -0.25) is 0 Å². The molecule has 0 aliphatic carbocycles. The van der Waals surface area contributed by atoms with Crippen LogP contribution in [0.1, 0.15) is 12.8 Å². The first-order valence-corrected chi connectivity index (χ1v) is 4.27. The minimum atomic E-state index is -4.05. The highest BCUT2D eigenvalue weighted by atomic mass is 19.4. The Bertz CT molecular complexity index is 301. The molecule has 0 bridgehead atoms. The second kappa shape index (κ2) is 4.30. The van der Waals surface area contributed by atoms with Gasteiger partial charge in [0.1, 0.15) is 12.4 Å². The molecule has 0 saturated carbocycles. The zero-order valence-electron chi connectivity index (χ0n) is 7.67. The molecule has 0 spiro atoms. The van der Waals surface area contributed by atoms with Crippen molar-refractivity contribution in [2.45, 2.75) is 25.6 Å². The zero-order chi connectivity index (χ0) is 10.6. The summed E-state index contributed by atoms with van der Waals surface area (Å²) in [6.45, 7) is 3.91. The first-order valence-electron chi connectivity index (χ1n) is 4.27. The molecule has 5 heteroatoms. The van der Waals surface area contributed by atoms with E-state index in [0.717, 1.165) is 0 Å². The normalized spacial score (nSPS) is 11.6. The zero-order valence-corrected chi connectivity index (χ0v) is 7.67. The van der Waals surface area contributed by atoms with Crippen LogP contribution in [0.5, 0.6) is 0 Å². The summed E-state index contributed by atoms with van der Waals surface area (Å²) in [5.74, 6) is 0. The van der Waals surface area contributed by atoms with Crippen LogP contribution in [0, 0.1) is 0 Å². The molecule has 0 aromatic carbocycles. The second-order valence-corrected chi connectivity index (χ2v) is 3.00. The summed E-state index contributed by atoms with van der Waals surface area (Å²) in [6, 6.07) is 0. The van der Waals surface area contributed by atoms with Crippen LogP contribution >= 0.6 is 0 Å². The molecule has 0 aliphatic rings. The van der Waals surface area contributed by atoms with Crippen LogP contribution in [0.4, 0.5) is 13.2 Å². The first kappa shape index (κ1) is 10.8. The number of rotatable bonds is 4. The maximum atomic E-state index is 11.8. The fourth-order valence-electron chi connectivity index (χ4n) is 1.11. The Morgan fingerprint density at radius 2 is 2.14 bits per heavy atom. The lowest BCUT2D eigenvalue weighted by Crippen LogP contribution is -2.31. The van der Waals surface area contributed by atoms with E-state index in [4.69, 9.17) is 0 Å². The molecule has 0 N–H and O–H groups in total. The molecule has 2 nitrogen and oxygen atoms in total. The molecule has 0 unspecified atom stereocenters. The van der Waals surface area contributed by atoms with Crippen molar-refractivity contribution < 1.29 is 17.7 Å². The van der Waals surface area contributed by atoms with E-state index in [1.54, 1.807) is 34.1 Å². The standard InChI is InChI=1S/C9H12F3N2/c1-2-13-6-7-14(8-13)5-3-4-9(10,11)12/h2,6-8H,1,3-5H2/q+1. The summed E-state index contributed by atoms with van der Waals surface area (Å²) in [7, 11) is 0. The van der Waals surface area contributed by atoms with E-state index in [-0.39, 0.29) is 6.42 Å². The first-order chi connectivity index (χ1) is 6.51. The topological polar surface area (TPSA) is 8.81 Å². The van der Waals surface area contributed by atoms with Gasteiger partial charge in [-0.15, -0.1) is 0 Å². The van der Waals surface area contributed by atoms with Crippen molar-refractivity contribution in [3.63, 3.8) is 0 Å². The number of nitrogens with zero attached hydrogens (tertiary/aromatic N) is 2. The summed E-state index contributed by atoms with van der Waals surface area (Å²) in [4.78, 5) is 0. The molecular formula is C9H12F3N2+. The third kappa shape index (κ3) is 3.64. The minimum absolute atomic E-state index is 0.106. The summed E-state index contributed by atoms with van der Waals surface area (Å²) in [6.07, 6.45) is 2.05. The lowest BCUT2D eigenvalue weighted by molar-refractivity contribution is -0.696. The molecular weight excluding hydrogens is 193 g/mol. The van der Waals surface area contributed by atoms with E-state index in [0.29, 0.717) is 6.54 Å². The lowest BCUT2D eigenvalue weighted by atomic mass is 10.3. The Hall–Kier alpha value is -1.26. The SMILES string of the molecule is C=Cn1cc[n+](CCCC(F)(F)F)c1. The van der Waals surface area contributed by atoms with Gasteiger partial charge in [0.25, 0.3) is 0 Å². The van der Waals surface area contributed by atoms with Crippen molar-refractivity contribution in [3.8, 4) is 0 Å². The van der Waals surface area contributed by atoms with Crippen molar-refractivity contribution >= 4 is 6.20 Å². The Morgan fingerprint density at radius 3 is 2.64 bits per heavy atom. The van der Waals surface area contributed by atoms with Gasteiger partial charge >= 0.3 is 6.18 Å². The predicted octanol–water partition coefficient (Wildman–Crippen LogP) is 2.22. The van der Waals surface area contributed by atoms with Crippen LogP contribution in [0.25, 0.3) is 6.20 Å². The van der Waals surface area contributed by atoms with E-state index in [2.05, 4.69) is 6.58 Å². The summed E-state index contributed by atoms with van der Waals surface area (Å²) in [5.41, 5.74) is 0. The van der Waals surface area contributed by atoms with Crippen molar-refractivity contribution in [3.05, 3.63) is 25.3 Å².